The lowest BCUT2D eigenvalue weighted by molar-refractivity contribution is 0.652. The number of benzene rings is 2. The Balaban J connectivity index is 2.37. The van der Waals surface area contributed by atoms with Gasteiger partial charge in [-0.25, -0.2) is 0 Å². The predicted octanol–water partition coefficient (Wildman–Crippen LogP) is 3.49. The second kappa shape index (κ2) is 4.14. The highest BCUT2D eigenvalue weighted by molar-refractivity contribution is 5.92. The molecule has 0 bridgehead atoms. The van der Waals surface area contributed by atoms with E-state index in [0.29, 0.717) is 5.92 Å². The van der Waals surface area contributed by atoms with Crippen LogP contribution in [0.5, 0.6) is 0 Å². The van der Waals surface area contributed by atoms with Gasteiger partial charge in [-0.05, 0) is 40.1 Å². The van der Waals surface area contributed by atoms with E-state index in [1.54, 1.807) is 0 Å². The fourth-order valence-electron chi connectivity index (χ4n) is 2.74. The van der Waals surface area contributed by atoms with Crippen molar-refractivity contribution in [1.82, 2.24) is 5.32 Å². The van der Waals surface area contributed by atoms with Gasteiger partial charge >= 0.3 is 0 Å². The van der Waals surface area contributed by atoms with Crippen molar-refractivity contribution < 1.29 is 0 Å². The molecule has 0 spiro atoms. The average molecular weight is 238 g/mol. The van der Waals surface area contributed by atoms with E-state index in [0.717, 1.165) is 0 Å². The molecule has 2 aromatic rings. The van der Waals surface area contributed by atoms with Gasteiger partial charge in [0.1, 0.15) is 6.17 Å². The van der Waals surface area contributed by atoms with Crippen molar-refractivity contribution in [2.24, 2.45) is 5.73 Å². The summed E-state index contributed by atoms with van der Waals surface area (Å²) in [4.78, 5) is 0. The van der Waals surface area contributed by atoms with Gasteiger partial charge in [-0.15, -0.1) is 0 Å². The second-order valence-electron chi connectivity index (χ2n) is 5.14. The van der Waals surface area contributed by atoms with Crippen LogP contribution >= 0.6 is 0 Å². The maximum Gasteiger partial charge on any atom is 0.101 e. The molecule has 0 amide bonds. The van der Waals surface area contributed by atoms with Crippen LogP contribution in [0.1, 0.15) is 42.6 Å². The van der Waals surface area contributed by atoms with Crippen LogP contribution in [0.2, 0.25) is 0 Å². The first-order valence-corrected chi connectivity index (χ1v) is 6.42. The molecule has 1 aliphatic rings. The molecule has 0 fully saturated rings. The van der Waals surface area contributed by atoms with E-state index < -0.39 is 0 Å². The molecular weight excluding hydrogens is 220 g/mol. The smallest absolute Gasteiger partial charge is 0.101 e. The van der Waals surface area contributed by atoms with Crippen molar-refractivity contribution in [3.05, 3.63) is 53.2 Å². The lowest BCUT2D eigenvalue weighted by atomic mass is 9.90. The summed E-state index contributed by atoms with van der Waals surface area (Å²) in [7, 11) is 0. The Labute approximate surface area is 107 Å². The van der Waals surface area contributed by atoms with Crippen molar-refractivity contribution in [3.63, 3.8) is 0 Å². The summed E-state index contributed by atoms with van der Waals surface area (Å²) in [5.74, 6) is 0.523. The molecule has 0 radical (unpaired) electrons. The second-order valence-corrected chi connectivity index (χ2v) is 5.14. The van der Waals surface area contributed by atoms with Crippen LogP contribution < -0.4 is 11.1 Å². The van der Waals surface area contributed by atoms with Crippen LogP contribution in [0.3, 0.4) is 0 Å². The maximum atomic E-state index is 6.18. The molecule has 1 aliphatic heterocycles. The maximum absolute atomic E-state index is 6.18. The molecule has 0 aliphatic carbocycles. The number of hydrogen-bond donors (Lipinski definition) is 2. The Bertz CT molecular complexity index is 626. The van der Waals surface area contributed by atoms with Crippen molar-refractivity contribution in [2.45, 2.75) is 25.9 Å². The van der Waals surface area contributed by atoms with E-state index in [4.69, 9.17) is 5.73 Å². The first-order chi connectivity index (χ1) is 8.68. The first kappa shape index (κ1) is 11.3. The highest BCUT2D eigenvalue weighted by atomic mass is 15.0. The van der Waals surface area contributed by atoms with Crippen LogP contribution in [0.4, 0.5) is 0 Å². The Morgan fingerprint density at radius 2 is 1.94 bits per heavy atom. The van der Waals surface area contributed by atoms with E-state index in [-0.39, 0.29) is 6.17 Å². The summed E-state index contributed by atoms with van der Waals surface area (Å²) < 4.78 is 0. The van der Waals surface area contributed by atoms with Crippen LogP contribution in [-0.4, -0.2) is 0 Å². The molecule has 18 heavy (non-hydrogen) atoms. The Morgan fingerprint density at radius 3 is 2.72 bits per heavy atom. The van der Waals surface area contributed by atoms with Gasteiger partial charge in [0, 0.05) is 5.56 Å². The van der Waals surface area contributed by atoms with Gasteiger partial charge in [-0.3, -0.25) is 0 Å². The quantitative estimate of drug-likeness (QED) is 0.798. The standard InChI is InChI=1S/C16H18N2/c1-10(2)12-4-3-5-14-13(12)7-6-11-8-9-18-16(17)15(11)14/h3-10,16,18H,17H2,1-2H3. The van der Waals surface area contributed by atoms with E-state index in [1.807, 2.05) is 6.20 Å². The van der Waals surface area contributed by atoms with Crippen molar-refractivity contribution in [3.8, 4) is 0 Å². The number of hydrogen-bond acceptors (Lipinski definition) is 2. The molecule has 1 heterocycles. The third kappa shape index (κ3) is 1.61. The van der Waals surface area contributed by atoms with Gasteiger partial charge < -0.3 is 11.1 Å². The van der Waals surface area contributed by atoms with Crippen molar-refractivity contribution in [1.29, 1.82) is 0 Å². The summed E-state index contributed by atoms with van der Waals surface area (Å²) in [6.07, 6.45) is 3.89. The van der Waals surface area contributed by atoms with E-state index >= 15 is 0 Å². The monoisotopic (exact) mass is 238 g/mol. The lowest BCUT2D eigenvalue weighted by Gasteiger charge is -2.23. The topological polar surface area (TPSA) is 38.0 Å². The summed E-state index contributed by atoms with van der Waals surface area (Å²) in [5.41, 5.74) is 9.99. The Kier molecular flexibility index (Phi) is 2.60. The number of nitrogens with one attached hydrogen (secondary N) is 1. The zero-order chi connectivity index (χ0) is 12.7. The highest BCUT2D eigenvalue weighted by Crippen LogP contribution is 2.33. The first-order valence-electron chi connectivity index (χ1n) is 6.42. The average Bonchev–Trinajstić information content (AvgIpc) is 2.37. The zero-order valence-electron chi connectivity index (χ0n) is 10.8. The number of rotatable bonds is 1. The largest absolute Gasteiger partial charge is 0.372 e. The minimum atomic E-state index is -0.115. The third-order valence-electron chi connectivity index (χ3n) is 3.64. The lowest BCUT2D eigenvalue weighted by Crippen LogP contribution is -2.27. The summed E-state index contributed by atoms with van der Waals surface area (Å²) in [5, 5.41) is 5.76. The molecule has 3 rings (SSSR count). The van der Waals surface area contributed by atoms with Gasteiger partial charge in [0.15, 0.2) is 0 Å². The fourth-order valence-corrected chi connectivity index (χ4v) is 2.74. The van der Waals surface area contributed by atoms with E-state index in [2.05, 4.69) is 55.6 Å². The minimum absolute atomic E-state index is 0.115. The van der Waals surface area contributed by atoms with Crippen molar-refractivity contribution >= 4 is 16.8 Å². The van der Waals surface area contributed by atoms with Gasteiger partial charge in [0.25, 0.3) is 0 Å². The molecule has 2 heteroatoms. The van der Waals surface area contributed by atoms with Gasteiger partial charge in [0.2, 0.25) is 0 Å². The highest BCUT2D eigenvalue weighted by Gasteiger charge is 2.17. The number of nitrogens with two attached hydrogens (primary N) is 1. The van der Waals surface area contributed by atoms with Crippen LogP contribution in [0.15, 0.2) is 36.5 Å². The molecule has 2 aromatic carbocycles. The molecule has 1 atom stereocenters. The van der Waals surface area contributed by atoms with Gasteiger partial charge in [-0.1, -0.05) is 44.2 Å². The molecule has 2 nitrogen and oxygen atoms in total. The van der Waals surface area contributed by atoms with E-state index in [1.165, 1.54) is 27.5 Å². The summed E-state index contributed by atoms with van der Waals surface area (Å²) >= 11 is 0. The normalized spacial score (nSPS) is 17.9. The molecular formula is C16H18N2. The van der Waals surface area contributed by atoms with Crippen molar-refractivity contribution in [2.75, 3.05) is 0 Å². The molecule has 0 saturated carbocycles. The fraction of sp³-hybridized carbons (Fsp3) is 0.250. The molecule has 3 N–H and O–H groups in total. The third-order valence-corrected chi connectivity index (χ3v) is 3.64. The predicted molar refractivity (Wildman–Crippen MR) is 77.1 cm³/mol. The summed E-state index contributed by atoms with van der Waals surface area (Å²) in [6.45, 7) is 4.46. The van der Waals surface area contributed by atoms with Crippen LogP contribution in [0, 0.1) is 0 Å². The SMILES string of the molecule is CC(C)c1cccc2c3c(ccc12)C=CNC3N. The minimum Gasteiger partial charge on any atom is -0.372 e. The molecule has 0 saturated heterocycles. The molecule has 92 valence electrons. The Hall–Kier alpha value is -1.80. The summed E-state index contributed by atoms with van der Waals surface area (Å²) in [6, 6.07) is 10.9. The van der Waals surface area contributed by atoms with E-state index in [9.17, 15) is 0 Å². The van der Waals surface area contributed by atoms with Crippen LogP contribution in [0.25, 0.3) is 16.8 Å². The zero-order valence-corrected chi connectivity index (χ0v) is 10.8. The Morgan fingerprint density at radius 1 is 1.11 bits per heavy atom. The van der Waals surface area contributed by atoms with Crippen LogP contribution in [-0.2, 0) is 0 Å². The molecule has 0 aromatic heterocycles. The van der Waals surface area contributed by atoms with Gasteiger partial charge in [0.05, 0.1) is 0 Å². The molecule has 1 unspecified atom stereocenters. The van der Waals surface area contributed by atoms with Gasteiger partial charge in [-0.2, -0.15) is 0 Å². The number of fused-ring (bicyclic) bond motifs is 3.